The van der Waals surface area contributed by atoms with Crippen molar-refractivity contribution in [2.75, 3.05) is 49.7 Å². The predicted octanol–water partition coefficient (Wildman–Crippen LogP) is 8.64. The highest BCUT2D eigenvalue weighted by Crippen LogP contribution is 2.30. The maximum absolute atomic E-state index is 11.6. The van der Waals surface area contributed by atoms with Crippen LogP contribution >= 0.6 is 84.7 Å². The number of ether oxygens (including phenoxy) is 2. The van der Waals surface area contributed by atoms with Crippen molar-refractivity contribution in [2.45, 2.75) is 23.2 Å². The topological polar surface area (TPSA) is 131 Å². The van der Waals surface area contributed by atoms with Crippen LogP contribution in [0.2, 0.25) is 0 Å². The fourth-order valence-corrected chi connectivity index (χ4v) is 6.82. The van der Waals surface area contributed by atoms with Crippen molar-refractivity contribution in [2.24, 2.45) is 0 Å². The molecule has 0 saturated heterocycles. The molecule has 4 heterocycles. The van der Waals surface area contributed by atoms with Crippen LogP contribution in [0.5, 0.6) is 11.5 Å². The molecular formula is C34H39I3N6O5S4. The summed E-state index contributed by atoms with van der Waals surface area (Å²) in [6.45, 7) is 1.07. The maximum Gasteiger partial charge on any atom is 0.220 e. The van der Waals surface area contributed by atoms with E-state index in [-0.39, 0.29) is 34.9 Å². The molecule has 18 heteroatoms. The third kappa shape index (κ3) is 12.7. The van der Waals surface area contributed by atoms with Crippen LogP contribution in [0, 0.1) is 0 Å². The Morgan fingerprint density at radius 2 is 1.33 bits per heavy atom. The van der Waals surface area contributed by atoms with E-state index in [1.165, 1.54) is 12.5 Å². The molecule has 6 aromatic rings. The van der Waals surface area contributed by atoms with Gasteiger partial charge in [-0.05, 0) is 79.6 Å². The van der Waals surface area contributed by atoms with E-state index in [2.05, 4.69) is 80.1 Å². The Balaban J connectivity index is 0.000000264. The van der Waals surface area contributed by atoms with Gasteiger partial charge in [0, 0.05) is 85.3 Å². The molecule has 0 bridgehead atoms. The summed E-state index contributed by atoms with van der Waals surface area (Å²) in [5.74, 6) is 4.33. The maximum atomic E-state index is 11.6. The van der Waals surface area contributed by atoms with Gasteiger partial charge >= 0.3 is 0 Å². The van der Waals surface area contributed by atoms with E-state index >= 15 is 0 Å². The van der Waals surface area contributed by atoms with Crippen LogP contribution in [0.25, 0.3) is 33.4 Å². The first-order valence-electron chi connectivity index (χ1n) is 15.5. The first kappa shape index (κ1) is 44.7. The van der Waals surface area contributed by atoms with Gasteiger partial charge in [0.15, 0.2) is 5.16 Å². The van der Waals surface area contributed by atoms with Crippen LogP contribution in [0.4, 0.5) is 0 Å². The highest BCUT2D eigenvalue weighted by Gasteiger charge is 2.12. The minimum atomic E-state index is -2.99. The van der Waals surface area contributed by atoms with E-state index < -0.39 is 20.6 Å². The van der Waals surface area contributed by atoms with Crippen molar-refractivity contribution < 1.29 is 22.1 Å². The first-order chi connectivity index (χ1) is 24.7. The smallest absolute Gasteiger partial charge is 0.220 e. The summed E-state index contributed by atoms with van der Waals surface area (Å²) in [5.41, 5.74) is 1.98. The Morgan fingerprint density at radius 1 is 0.788 bits per heavy atom. The molecule has 1 atom stereocenters. The van der Waals surface area contributed by atoms with Crippen molar-refractivity contribution in [3.05, 3.63) is 85.5 Å². The van der Waals surface area contributed by atoms with Gasteiger partial charge in [0.25, 0.3) is 0 Å². The molecule has 2 aromatic carbocycles. The summed E-state index contributed by atoms with van der Waals surface area (Å²) < 4.78 is 49.7. The fraction of sp³-hybridized carbons (Fsp3) is 0.294. The summed E-state index contributed by atoms with van der Waals surface area (Å²) in [5, 5.41) is 3.05. The molecule has 0 spiro atoms. The molecule has 0 aliphatic heterocycles. The molecule has 4 aromatic heterocycles. The average Bonchev–Trinajstić information content (AvgIpc) is 3.79. The third-order valence-electron chi connectivity index (χ3n) is 7.22. The van der Waals surface area contributed by atoms with Gasteiger partial charge in [-0.25, -0.2) is 28.4 Å². The SMILES string of the molecule is CS(=O)c1nccc(-n2ccc3c(OCCCS(C)(=O)=O)cccc32)n1.CSCCCOc1cccc2c1ccn2-c1ccnc(SC)n1.I.II. The number of thioether (sulfide) groups is 2. The largest absolute Gasteiger partial charge is 0.493 e. The zero-order valence-electron chi connectivity index (χ0n) is 28.8. The van der Waals surface area contributed by atoms with E-state index in [9.17, 15) is 12.6 Å². The van der Waals surface area contributed by atoms with E-state index in [0.717, 1.165) is 57.3 Å². The number of halogens is 3. The fourth-order valence-electron chi connectivity index (χ4n) is 4.99. The van der Waals surface area contributed by atoms with Gasteiger partial charge in [-0.15, -0.1) is 24.0 Å². The average molecular weight is 1120 g/mol. The van der Waals surface area contributed by atoms with Crippen molar-refractivity contribution in [3.8, 4) is 23.1 Å². The monoisotopic (exact) mass is 1120 g/mol. The lowest BCUT2D eigenvalue weighted by molar-refractivity contribution is 0.321. The molecule has 11 nitrogen and oxygen atoms in total. The quantitative estimate of drug-likeness (QED) is 0.0450. The standard InChI is InChI=1S/C17H19N3O4S2.C17H19N3OS2.I2.HI/c1-25(21)17-18-9-7-16(19-17)20-10-8-13-14(20)5-3-6-15(13)24-11-4-12-26(2,22)23;1-22-12-4-11-21-15-6-3-5-14-13(15)8-10-20(14)16-7-9-18-17(19-16)23-2;1-2;/h3,5-10H,4,11-12H2,1-2H3;3,5-10H,4,11-12H2,1-2H3;;1H. The second-order valence-corrected chi connectivity index (χ2v) is 16.1. The van der Waals surface area contributed by atoms with Crippen molar-refractivity contribution in [1.82, 2.24) is 29.1 Å². The number of aromatic nitrogens is 6. The van der Waals surface area contributed by atoms with E-state index in [0.29, 0.717) is 24.6 Å². The van der Waals surface area contributed by atoms with Gasteiger partial charge in [0.05, 0.1) is 40.8 Å². The zero-order valence-corrected chi connectivity index (χ0v) is 38.8. The summed E-state index contributed by atoms with van der Waals surface area (Å²) in [6, 6.07) is 19.4. The zero-order chi connectivity index (χ0) is 36.8. The molecule has 1 unspecified atom stereocenters. The molecule has 0 fully saturated rings. The molecule has 0 aliphatic carbocycles. The number of nitrogens with zero attached hydrogens (tertiary/aromatic N) is 6. The Morgan fingerprint density at radius 3 is 1.85 bits per heavy atom. The minimum Gasteiger partial charge on any atom is -0.493 e. The van der Waals surface area contributed by atoms with Crippen molar-refractivity contribution >= 4 is 127 Å². The third-order valence-corrected chi connectivity index (χ3v) is 10.2. The second-order valence-electron chi connectivity index (χ2n) is 10.8. The number of hydrogen-bond acceptors (Lipinski definition) is 11. The molecule has 6 rings (SSSR count). The number of sulfone groups is 1. The second kappa shape index (κ2) is 22.6. The highest BCUT2D eigenvalue weighted by atomic mass is 128. The van der Waals surface area contributed by atoms with Gasteiger partial charge in [0.2, 0.25) is 5.16 Å². The minimum absolute atomic E-state index is 0. The first-order valence-corrected chi connectivity index (χ1v) is 28.0. The molecule has 280 valence electrons. The lowest BCUT2D eigenvalue weighted by Gasteiger charge is -2.09. The van der Waals surface area contributed by atoms with E-state index in [1.807, 2.05) is 77.4 Å². The van der Waals surface area contributed by atoms with E-state index in [4.69, 9.17) is 9.47 Å². The predicted molar refractivity (Wildman–Crippen MR) is 244 cm³/mol. The number of fused-ring (bicyclic) bond motifs is 2. The molecule has 0 amide bonds. The summed E-state index contributed by atoms with van der Waals surface area (Å²) in [7, 11) is -4.25. The summed E-state index contributed by atoms with van der Waals surface area (Å²) in [4.78, 5) is 17.2. The molecule has 0 saturated carbocycles. The Hall–Kier alpha value is -1.73. The summed E-state index contributed by atoms with van der Waals surface area (Å²) in [6.07, 6.45) is 15.6. The van der Waals surface area contributed by atoms with Crippen LogP contribution in [-0.2, 0) is 20.6 Å². The molecule has 0 aliphatic rings. The molecule has 0 N–H and O–H groups in total. The van der Waals surface area contributed by atoms with Crippen molar-refractivity contribution in [1.29, 1.82) is 0 Å². The normalized spacial score (nSPS) is 11.5. The van der Waals surface area contributed by atoms with Crippen LogP contribution in [0.1, 0.15) is 12.8 Å². The van der Waals surface area contributed by atoms with E-state index in [1.54, 1.807) is 30.2 Å². The molecule has 0 radical (unpaired) electrons. The van der Waals surface area contributed by atoms with Gasteiger partial charge in [0.1, 0.15) is 33.0 Å². The lowest BCUT2D eigenvalue weighted by atomic mass is 10.2. The molecule has 52 heavy (non-hydrogen) atoms. The Bertz CT molecular complexity index is 2170. The van der Waals surface area contributed by atoms with Gasteiger partial charge in [-0.2, -0.15) is 11.8 Å². The van der Waals surface area contributed by atoms with Crippen LogP contribution in [0.15, 0.2) is 95.8 Å². The van der Waals surface area contributed by atoms with Gasteiger partial charge in [-0.1, -0.05) is 23.9 Å². The highest BCUT2D eigenvalue weighted by molar-refractivity contribution is 15.0. The number of hydrogen-bond donors (Lipinski definition) is 0. The Kier molecular flexibility index (Phi) is 19.4. The molecular weight excluding hydrogens is 1080 g/mol. The van der Waals surface area contributed by atoms with Gasteiger partial charge < -0.3 is 18.6 Å². The van der Waals surface area contributed by atoms with Gasteiger partial charge in [-0.3, -0.25) is 4.21 Å². The number of benzene rings is 2. The lowest BCUT2D eigenvalue weighted by Crippen LogP contribution is -2.08. The van der Waals surface area contributed by atoms with Crippen LogP contribution < -0.4 is 9.47 Å². The Labute approximate surface area is 356 Å². The number of rotatable bonds is 14. The summed E-state index contributed by atoms with van der Waals surface area (Å²) >= 11 is 7.63. The van der Waals surface area contributed by atoms with Crippen molar-refractivity contribution in [3.63, 3.8) is 0 Å². The van der Waals surface area contributed by atoms with Crippen LogP contribution in [0.3, 0.4) is 0 Å². The van der Waals surface area contributed by atoms with Crippen LogP contribution in [-0.4, -0.2) is 91.4 Å².